The number of nitrogens with one attached hydrogen (secondary N) is 1. The fourth-order valence-electron chi connectivity index (χ4n) is 3.72. The molecule has 6 nitrogen and oxygen atoms in total. The van der Waals surface area contributed by atoms with Crippen molar-refractivity contribution in [2.75, 3.05) is 7.11 Å². The second-order valence-corrected chi connectivity index (χ2v) is 8.51. The van der Waals surface area contributed by atoms with Crippen LogP contribution in [0, 0.1) is 0 Å². The maximum atomic E-state index is 13.3. The van der Waals surface area contributed by atoms with Crippen LogP contribution in [0.4, 0.5) is 0 Å². The average Bonchev–Trinajstić information content (AvgIpc) is 2.96. The molecule has 2 aromatic rings. The van der Waals surface area contributed by atoms with Crippen LogP contribution in [-0.4, -0.2) is 33.9 Å². The maximum absolute atomic E-state index is 13.3. The van der Waals surface area contributed by atoms with Crippen LogP contribution in [0.2, 0.25) is 0 Å². The largest absolute Gasteiger partial charge is 0.497 e. The van der Waals surface area contributed by atoms with E-state index in [1.165, 1.54) is 0 Å². The SMILES string of the molecule is COc1ccc(CN2C(=O)C=C(C)c3c(ccn3C)C2C(=O)NC(C)(C)C)cc1. The highest BCUT2D eigenvalue weighted by Crippen LogP contribution is 2.34. The highest BCUT2D eigenvalue weighted by Gasteiger charge is 2.37. The zero-order valence-electron chi connectivity index (χ0n) is 17.9. The predicted octanol–water partition coefficient (Wildman–Crippen LogP) is 3.44. The van der Waals surface area contributed by atoms with Crippen molar-refractivity contribution >= 4 is 17.4 Å². The topological polar surface area (TPSA) is 63.6 Å². The van der Waals surface area contributed by atoms with Crippen LogP contribution in [0.15, 0.2) is 42.6 Å². The van der Waals surface area contributed by atoms with Crippen LogP contribution in [0.25, 0.3) is 5.57 Å². The minimum absolute atomic E-state index is 0.177. The van der Waals surface area contributed by atoms with Crippen LogP contribution in [0.5, 0.6) is 5.75 Å². The van der Waals surface area contributed by atoms with Crippen molar-refractivity contribution in [1.82, 2.24) is 14.8 Å². The van der Waals surface area contributed by atoms with Crippen molar-refractivity contribution in [3.8, 4) is 5.75 Å². The summed E-state index contributed by atoms with van der Waals surface area (Å²) in [5, 5.41) is 3.05. The Bertz CT molecular complexity index is 949. The summed E-state index contributed by atoms with van der Waals surface area (Å²) in [6.07, 6.45) is 3.55. The number of ether oxygens (including phenoxy) is 1. The van der Waals surface area contributed by atoms with Gasteiger partial charge in [-0.3, -0.25) is 9.59 Å². The second-order valence-electron chi connectivity index (χ2n) is 8.51. The number of hydrogen-bond donors (Lipinski definition) is 1. The Labute approximate surface area is 172 Å². The molecule has 29 heavy (non-hydrogen) atoms. The molecular weight excluding hydrogens is 366 g/mol. The molecule has 1 unspecified atom stereocenters. The van der Waals surface area contributed by atoms with E-state index in [1.54, 1.807) is 18.1 Å². The molecule has 1 atom stereocenters. The molecule has 2 heterocycles. The minimum Gasteiger partial charge on any atom is -0.497 e. The first-order valence-electron chi connectivity index (χ1n) is 9.70. The van der Waals surface area contributed by atoms with Gasteiger partial charge in [-0.15, -0.1) is 0 Å². The first kappa shape index (κ1) is 20.7. The van der Waals surface area contributed by atoms with Gasteiger partial charge < -0.3 is 19.5 Å². The minimum atomic E-state index is -0.714. The maximum Gasteiger partial charge on any atom is 0.248 e. The number of hydrogen-bond acceptors (Lipinski definition) is 3. The van der Waals surface area contributed by atoms with Gasteiger partial charge >= 0.3 is 0 Å². The van der Waals surface area contributed by atoms with E-state index in [0.717, 1.165) is 28.1 Å². The molecule has 0 aliphatic carbocycles. The molecule has 1 aliphatic heterocycles. The Morgan fingerprint density at radius 3 is 2.41 bits per heavy atom. The molecule has 2 amide bonds. The van der Waals surface area contributed by atoms with Gasteiger partial charge in [0, 0.05) is 42.7 Å². The Morgan fingerprint density at radius 2 is 1.83 bits per heavy atom. The summed E-state index contributed by atoms with van der Waals surface area (Å²) in [4.78, 5) is 28.1. The lowest BCUT2D eigenvalue weighted by Crippen LogP contribution is -2.48. The molecule has 6 heteroatoms. The number of nitrogens with zero attached hydrogens (tertiary/aromatic N) is 2. The molecule has 154 valence electrons. The zero-order chi connectivity index (χ0) is 21.3. The summed E-state index contributed by atoms with van der Waals surface area (Å²) in [7, 11) is 3.54. The number of aromatic nitrogens is 1. The summed E-state index contributed by atoms with van der Waals surface area (Å²) in [6, 6.07) is 8.76. The van der Waals surface area contributed by atoms with Crippen molar-refractivity contribution in [2.45, 2.75) is 45.8 Å². The highest BCUT2D eigenvalue weighted by atomic mass is 16.5. The van der Waals surface area contributed by atoms with E-state index in [9.17, 15) is 9.59 Å². The fraction of sp³-hybridized carbons (Fsp3) is 0.391. The normalized spacial score (nSPS) is 16.8. The van der Waals surface area contributed by atoms with E-state index in [-0.39, 0.29) is 11.8 Å². The Hall–Kier alpha value is -3.02. The van der Waals surface area contributed by atoms with Crippen LogP contribution < -0.4 is 10.1 Å². The van der Waals surface area contributed by atoms with Crippen molar-refractivity contribution in [3.05, 3.63) is 59.4 Å². The van der Waals surface area contributed by atoms with Crippen LogP contribution in [-0.2, 0) is 23.2 Å². The van der Waals surface area contributed by atoms with Gasteiger partial charge in [-0.05, 0) is 57.0 Å². The summed E-state index contributed by atoms with van der Waals surface area (Å²) >= 11 is 0. The van der Waals surface area contributed by atoms with Gasteiger partial charge in [-0.25, -0.2) is 0 Å². The zero-order valence-corrected chi connectivity index (χ0v) is 17.9. The molecule has 0 fully saturated rings. The van der Waals surface area contributed by atoms with E-state index in [1.807, 2.05) is 75.8 Å². The molecule has 0 bridgehead atoms. The molecule has 1 N–H and O–H groups in total. The quantitative estimate of drug-likeness (QED) is 0.863. The molecular formula is C23H29N3O3. The predicted molar refractivity (Wildman–Crippen MR) is 113 cm³/mol. The van der Waals surface area contributed by atoms with Gasteiger partial charge in [0.2, 0.25) is 11.8 Å². The molecule has 0 radical (unpaired) electrons. The third-order valence-corrected chi connectivity index (χ3v) is 4.97. The molecule has 0 spiro atoms. The second kappa shape index (κ2) is 7.78. The molecule has 0 saturated heterocycles. The molecule has 1 aromatic carbocycles. The van der Waals surface area contributed by atoms with Crippen molar-refractivity contribution < 1.29 is 14.3 Å². The standard InChI is InChI=1S/C23H29N3O3/c1-15-13-19(27)26(14-16-7-9-17(29-6)10-8-16)21(22(28)24-23(2,3)4)18-11-12-25(5)20(15)18/h7-13,21H,14H2,1-6H3,(H,24,28). The van der Waals surface area contributed by atoms with E-state index in [4.69, 9.17) is 4.74 Å². The van der Waals surface area contributed by atoms with Crippen molar-refractivity contribution in [1.29, 1.82) is 0 Å². The van der Waals surface area contributed by atoms with Gasteiger partial charge in [0.15, 0.2) is 0 Å². The van der Waals surface area contributed by atoms with E-state index >= 15 is 0 Å². The monoisotopic (exact) mass is 395 g/mol. The Balaban J connectivity index is 2.06. The van der Waals surface area contributed by atoms with E-state index in [0.29, 0.717) is 6.54 Å². The van der Waals surface area contributed by atoms with E-state index in [2.05, 4.69) is 5.32 Å². The number of benzene rings is 1. The lowest BCUT2D eigenvalue weighted by Gasteiger charge is -2.32. The van der Waals surface area contributed by atoms with E-state index < -0.39 is 11.6 Å². The smallest absolute Gasteiger partial charge is 0.248 e. The highest BCUT2D eigenvalue weighted by molar-refractivity contribution is 6.00. The lowest BCUT2D eigenvalue weighted by molar-refractivity contribution is -0.138. The Kier molecular flexibility index (Phi) is 5.55. The number of rotatable bonds is 4. The van der Waals surface area contributed by atoms with Crippen LogP contribution in [0.1, 0.15) is 50.6 Å². The fourth-order valence-corrected chi connectivity index (χ4v) is 3.72. The summed E-state index contributed by atoms with van der Waals surface area (Å²) in [5.41, 5.74) is 3.11. The van der Waals surface area contributed by atoms with Crippen molar-refractivity contribution in [3.63, 3.8) is 0 Å². The number of fused-ring (bicyclic) bond motifs is 1. The van der Waals surface area contributed by atoms with Crippen LogP contribution >= 0.6 is 0 Å². The summed E-state index contributed by atoms with van der Waals surface area (Å²) in [5.74, 6) is 0.387. The number of allylic oxidation sites excluding steroid dienone is 1. The van der Waals surface area contributed by atoms with Crippen molar-refractivity contribution in [2.24, 2.45) is 7.05 Å². The van der Waals surface area contributed by atoms with Gasteiger partial charge in [-0.2, -0.15) is 0 Å². The summed E-state index contributed by atoms with van der Waals surface area (Å²) < 4.78 is 7.18. The number of amides is 2. The molecule has 3 rings (SSSR count). The lowest BCUT2D eigenvalue weighted by atomic mass is 10.0. The third-order valence-electron chi connectivity index (χ3n) is 4.97. The number of carbonyl (C=O) groups is 2. The van der Waals surface area contributed by atoms with Gasteiger partial charge in [0.1, 0.15) is 11.8 Å². The van der Waals surface area contributed by atoms with Gasteiger partial charge in [0.25, 0.3) is 0 Å². The van der Waals surface area contributed by atoms with Gasteiger partial charge in [0.05, 0.1) is 7.11 Å². The number of carbonyl (C=O) groups excluding carboxylic acids is 2. The number of aryl methyl sites for hydroxylation is 1. The first-order chi connectivity index (χ1) is 13.6. The van der Waals surface area contributed by atoms with Gasteiger partial charge in [-0.1, -0.05) is 12.1 Å². The third kappa shape index (κ3) is 4.36. The average molecular weight is 396 g/mol. The molecule has 0 saturated carbocycles. The summed E-state index contributed by atoms with van der Waals surface area (Å²) in [6.45, 7) is 8.04. The first-order valence-corrected chi connectivity index (χ1v) is 9.70. The number of methoxy groups -OCH3 is 1. The Morgan fingerprint density at radius 1 is 1.17 bits per heavy atom. The molecule has 1 aromatic heterocycles. The molecule has 1 aliphatic rings. The van der Waals surface area contributed by atoms with Crippen LogP contribution in [0.3, 0.4) is 0 Å².